The molecule has 31 heavy (non-hydrogen) atoms. The summed E-state index contributed by atoms with van der Waals surface area (Å²) in [5.41, 5.74) is 2.87. The van der Waals surface area contributed by atoms with Crippen molar-refractivity contribution in [3.63, 3.8) is 0 Å². The first-order chi connectivity index (χ1) is 15.1. The van der Waals surface area contributed by atoms with E-state index in [1.165, 1.54) is 23.7 Å². The number of aromatic nitrogens is 3. The molecule has 3 aromatic rings. The molecule has 10 heteroatoms. The number of rotatable bonds is 7. The smallest absolute Gasteiger partial charge is 0.270 e. The molecule has 0 spiro atoms. The molecule has 0 unspecified atom stereocenters. The van der Waals surface area contributed by atoms with E-state index < -0.39 is 0 Å². The summed E-state index contributed by atoms with van der Waals surface area (Å²) in [4.78, 5) is 15.4. The van der Waals surface area contributed by atoms with Crippen LogP contribution in [0.25, 0.3) is 0 Å². The standard InChI is InChI=1S/C21H23N7O2S/c1-25-9-11-26(12-10-25)20-8-7-19(28(29)30)13-18(20)14-23-27-16-22-24-21(27)31-15-17-5-3-2-4-6-17/h2-8,13-14,16H,9-12,15H2,1H3/b23-14-. The van der Waals surface area contributed by atoms with Crippen LogP contribution >= 0.6 is 11.8 Å². The van der Waals surface area contributed by atoms with Gasteiger partial charge in [-0.1, -0.05) is 42.1 Å². The Kier molecular flexibility index (Phi) is 6.58. The molecule has 9 nitrogen and oxygen atoms in total. The average molecular weight is 438 g/mol. The zero-order valence-electron chi connectivity index (χ0n) is 17.2. The molecule has 4 rings (SSSR count). The second-order valence-electron chi connectivity index (χ2n) is 7.27. The van der Waals surface area contributed by atoms with Gasteiger partial charge in [0.2, 0.25) is 5.16 Å². The van der Waals surface area contributed by atoms with Crippen LogP contribution in [0.5, 0.6) is 0 Å². The number of benzene rings is 2. The van der Waals surface area contributed by atoms with Gasteiger partial charge in [-0.2, -0.15) is 9.78 Å². The quantitative estimate of drug-likeness (QED) is 0.243. The maximum atomic E-state index is 11.3. The highest BCUT2D eigenvalue weighted by Crippen LogP contribution is 2.26. The summed E-state index contributed by atoms with van der Waals surface area (Å²) in [6.07, 6.45) is 3.19. The van der Waals surface area contributed by atoms with Gasteiger partial charge in [-0.3, -0.25) is 10.1 Å². The molecule has 1 aliphatic heterocycles. The summed E-state index contributed by atoms with van der Waals surface area (Å²) in [5.74, 6) is 0.748. The van der Waals surface area contributed by atoms with E-state index in [9.17, 15) is 10.1 Å². The number of thioether (sulfide) groups is 1. The van der Waals surface area contributed by atoms with Crippen LogP contribution in [-0.4, -0.2) is 64.1 Å². The number of anilines is 1. The summed E-state index contributed by atoms with van der Waals surface area (Å²) < 4.78 is 1.60. The third kappa shape index (κ3) is 5.28. The van der Waals surface area contributed by atoms with Gasteiger partial charge in [0.1, 0.15) is 6.33 Å². The number of nitro benzene ring substituents is 1. The zero-order chi connectivity index (χ0) is 21.6. The lowest BCUT2D eigenvalue weighted by Gasteiger charge is -2.34. The lowest BCUT2D eigenvalue weighted by molar-refractivity contribution is -0.384. The van der Waals surface area contributed by atoms with E-state index in [1.807, 2.05) is 24.3 Å². The molecule has 160 valence electrons. The maximum Gasteiger partial charge on any atom is 0.270 e. The van der Waals surface area contributed by atoms with Crippen molar-refractivity contribution < 1.29 is 4.92 Å². The highest BCUT2D eigenvalue weighted by Gasteiger charge is 2.19. The van der Waals surface area contributed by atoms with Crippen LogP contribution in [0.3, 0.4) is 0 Å². The van der Waals surface area contributed by atoms with Crippen molar-refractivity contribution in [2.75, 3.05) is 38.1 Å². The monoisotopic (exact) mass is 437 g/mol. The summed E-state index contributed by atoms with van der Waals surface area (Å²) >= 11 is 1.53. The lowest BCUT2D eigenvalue weighted by Crippen LogP contribution is -2.44. The van der Waals surface area contributed by atoms with Gasteiger partial charge in [-0.15, -0.1) is 10.2 Å². The molecule has 2 heterocycles. The van der Waals surface area contributed by atoms with Gasteiger partial charge in [0.05, 0.1) is 11.1 Å². The molecule has 1 aromatic heterocycles. The topological polar surface area (TPSA) is 92.7 Å². The minimum Gasteiger partial charge on any atom is -0.368 e. The summed E-state index contributed by atoms with van der Waals surface area (Å²) in [6.45, 7) is 3.61. The normalized spacial score (nSPS) is 14.9. The zero-order valence-corrected chi connectivity index (χ0v) is 18.0. The van der Waals surface area contributed by atoms with Crippen molar-refractivity contribution in [2.45, 2.75) is 10.9 Å². The SMILES string of the molecule is CN1CCN(c2ccc([N+](=O)[O-])cc2/C=N\n2cnnc2SCc2ccccc2)CC1. The van der Waals surface area contributed by atoms with Crippen LogP contribution < -0.4 is 4.90 Å². The second kappa shape index (κ2) is 9.71. The molecule has 0 radical (unpaired) electrons. The van der Waals surface area contributed by atoms with Crippen molar-refractivity contribution in [3.8, 4) is 0 Å². The van der Waals surface area contributed by atoms with Crippen molar-refractivity contribution in [2.24, 2.45) is 5.10 Å². The molecule has 1 fully saturated rings. The highest BCUT2D eigenvalue weighted by atomic mass is 32.2. The number of likely N-dealkylation sites (N-methyl/N-ethyl adjacent to an activating group) is 1. The number of hydrogen-bond acceptors (Lipinski definition) is 8. The van der Waals surface area contributed by atoms with Crippen LogP contribution in [0.15, 0.2) is 65.1 Å². The Morgan fingerprint density at radius 1 is 1.16 bits per heavy atom. The van der Waals surface area contributed by atoms with Gasteiger partial charge >= 0.3 is 0 Å². The van der Waals surface area contributed by atoms with E-state index in [2.05, 4.69) is 44.3 Å². The minimum atomic E-state index is -0.384. The van der Waals surface area contributed by atoms with Crippen LogP contribution in [0.4, 0.5) is 11.4 Å². The van der Waals surface area contributed by atoms with Gasteiger partial charge in [0.15, 0.2) is 0 Å². The first kappa shape index (κ1) is 21.0. The fourth-order valence-electron chi connectivity index (χ4n) is 3.33. The molecule has 0 N–H and O–H groups in total. The molecule has 0 amide bonds. The molecule has 0 saturated carbocycles. The number of non-ortho nitro benzene ring substituents is 1. The van der Waals surface area contributed by atoms with E-state index in [4.69, 9.17) is 0 Å². The molecule has 0 aliphatic carbocycles. The summed E-state index contributed by atoms with van der Waals surface area (Å²) in [6, 6.07) is 15.0. The molecular weight excluding hydrogens is 414 g/mol. The van der Waals surface area contributed by atoms with Crippen molar-refractivity contribution in [1.82, 2.24) is 19.8 Å². The van der Waals surface area contributed by atoms with Crippen molar-refractivity contribution >= 4 is 29.4 Å². The highest BCUT2D eigenvalue weighted by molar-refractivity contribution is 7.98. The molecule has 1 saturated heterocycles. The Labute approximate surface area is 184 Å². The van der Waals surface area contributed by atoms with Gasteiger partial charge in [-0.25, -0.2) is 0 Å². The van der Waals surface area contributed by atoms with E-state index >= 15 is 0 Å². The van der Waals surface area contributed by atoms with Gasteiger partial charge in [0.25, 0.3) is 5.69 Å². The van der Waals surface area contributed by atoms with E-state index in [-0.39, 0.29) is 10.6 Å². The molecule has 1 aliphatic rings. The van der Waals surface area contributed by atoms with Crippen LogP contribution in [0, 0.1) is 10.1 Å². The average Bonchev–Trinajstić information content (AvgIpc) is 3.25. The lowest BCUT2D eigenvalue weighted by atomic mass is 10.1. The third-order valence-electron chi connectivity index (χ3n) is 5.10. The fraction of sp³-hybridized carbons (Fsp3) is 0.286. The maximum absolute atomic E-state index is 11.3. The fourth-order valence-corrected chi connectivity index (χ4v) is 4.15. The Morgan fingerprint density at radius 2 is 1.94 bits per heavy atom. The predicted molar refractivity (Wildman–Crippen MR) is 122 cm³/mol. The number of piperazine rings is 1. The Bertz CT molecular complexity index is 1060. The number of hydrogen-bond donors (Lipinski definition) is 0. The van der Waals surface area contributed by atoms with E-state index in [0.29, 0.717) is 10.7 Å². The molecular formula is C21H23N7O2S. The van der Waals surface area contributed by atoms with E-state index in [0.717, 1.165) is 37.6 Å². The summed E-state index contributed by atoms with van der Waals surface area (Å²) in [7, 11) is 2.09. The van der Waals surface area contributed by atoms with E-state index in [1.54, 1.807) is 23.0 Å². The van der Waals surface area contributed by atoms with Gasteiger partial charge in [0, 0.05) is 55.3 Å². The molecule has 0 bridgehead atoms. The first-order valence-electron chi connectivity index (χ1n) is 9.93. The largest absolute Gasteiger partial charge is 0.368 e. The van der Waals surface area contributed by atoms with Crippen LogP contribution in [0.1, 0.15) is 11.1 Å². The summed E-state index contributed by atoms with van der Waals surface area (Å²) in [5, 5.41) is 24.6. The van der Waals surface area contributed by atoms with Crippen LogP contribution in [-0.2, 0) is 5.75 Å². The first-order valence-corrected chi connectivity index (χ1v) is 10.9. The molecule has 2 aromatic carbocycles. The van der Waals surface area contributed by atoms with Crippen molar-refractivity contribution in [3.05, 3.63) is 76.1 Å². The van der Waals surface area contributed by atoms with Gasteiger partial charge in [-0.05, 0) is 18.7 Å². The Hall–Kier alpha value is -3.24. The number of nitrogens with zero attached hydrogens (tertiary/aromatic N) is 7. The van der Waals surface area contributed by atoms with Crippen LogP contribution in [0.2, 0.25) is 0 Å². The Balaban J connectivity index is 1.56. The van der Waals surface area contributed by atoms with Gasteiger partial charge < -0.3 is 9.80 Å². The number of nitro groups is 1. The minimum absolute atomic E-state index is 0.0433. The second-order valence-corrected chi connectivity index (χ2v) is 8.21. The van der Waals surface area contributed by atoms with Crippen molar-refractivity contribution in [1.29, 1.82) is 0 Å². The predicted octanol–water partition coefficient (Wildman–Crippen LogP) is 3.11. The molecule has 0 atom stereocenters. The third-order valence-corrected chi connectivity index (χ3v) is 6.10. The Morgan fingerprint density at radius 3 is 2.68 bits per heavy atom.